The minimum Gasteiger partial charge on any atom is -0.333 e. The fraction of sp³-hybridized carbons (Fsp3) is 0.333. The molecule has 3 aromatic heterocycles. The van der Waals surface area contributed by atoms with Crippen molar-refractivity contribution >= 4 is 16.9 Å². The number of fused-ring (bicyclic) bond motifs is 3. The van der Waals surface area contributed by atoms with Gasteiger partial charge in [-0.1, -0.05) is 0 Å². The van der Waals surface area contributed by atoms with Gasteiger partial charge in [-0.05, 0) is 38.0 Å². The first-order valence-electron chi connectivity index (χ1n) is 8.32. The van der Waals surface area contributed by atoms with Gasteiger partial charge in [-0.2, -0.15) is 0 Å². The van der Waals surface area contributed by atoms with E-state index < -0.39 is 0 Å². The van der Waals surface area contributed by atoms with Crippen LogP contribution in [0.15, 0.2) is 30.6 Å². The zero-order valence-corrected chi connectivity index (χ0v) is 13.4. The number of pyridine rings is 1. The number of aromatic nitrogens is 4. The molecule has 120 valence electrons. The van der Waals surface area contributed by atoms with Gasteiger partial charge in [0.15, 0.2) is 0 Å². The molecule has 1 aliphatic heterocycles. The molecule has 1 fully saturated rings. The molecule has 6 nitrogen and oxygen atoms in total. The Morgan fingerprint density at radius 1 is 1.12 bits per heavy atom. The fourth-order valence-electron chi connectivity index (χ4n) is 3.65. The lowest BCUT2D eigenvalue weighted by atomic mass is 10.1. The highest BCUT2D eigenvalue weighted by Gasteiger charge is 2.39. The van der Waals surface area contributed by atoms with Gasteiger partial charge in [0.2, 0.25) is 0 Å². The van der Waals surface area contributed by atoms with E-state index in [-0.39, 0.29) is 5.91 Å². The van der Waals surface area contributed by atoms with Gasteiger partial charge in [-0.3, -0.25) is 9.78 Å². The molecule has 6 heteroatoms. The van der Waals surface area contributed by atoms with Crippen molar-refractivity contribution in [2.75, 3.05) is 6.54 Å². The summed E-state index contributed by atoms with van der Waals surface area (Å²) in [6, 6.07) is 6.23. The Morgan fingerprint density at radius 2 is 2.00 bits per heavy atom. The van der Waals surface area contributed by atoms with Crippen LogP contribution in [-0.4, -0.2) is 42.9 Å². The molecule has 0 N–H and O–H groups in total. The molecule has 0 spiro atoms. The smallest absolute Gasteiger partial charge is 0.271 e. The molecule has 0 aromatic carbocycles. The minimum absolute atomic E-state index is 0.105. The Bertz CT molecular complexity index is 973. The summed E-state index contributed by atoms with van der Waals surface area (Å²) < 4.78 is 2.11. The van der Waals surface area contributed by atoms with Gasteiger partial charge in [-0.15, -0.1) is 0 Å². The second-order valence-corrected chi connectivity index (χ2v) is 6.47. The van der Waals surface area contributed by atoms with Crippen molar-refractivity contribution in [3.8, 4) is 11.3 Å². The van der Waals surface area contributed by atoms with Gasteiger partial charge in [0.05, 0.1) is 22.3 Å². The molecule has 2 aliphatic rings. The van der Waals surface area contributed by atoms with Crippen LogP contribution in [0, 0.1) is 6.92 Å². The molecular weight excluding hydrogens is 302 g/mol. The number of nitrogens with zero attached hydrogens (tertiary/aromatic N) is 5. The summed E-state index contributed by atoms with van der Waals surface area (Å²) in [4.78, 5) is 28.5. The molecule has 24 heavy (non-hydrogen) atoms. The van der Waals surface area contributed by atoms with Gasteiger partial charge in [0.25, 0.3) is 5.91 Å². The summed E-state index contributed by atoms with van der Waals surface area (Å²) in [5.74, 6) is 0.798. The Hall–Kier alpha value is -2.76. The third-order valence-electron chi connectivity index (χ3n) is 4.87. The first-order chi connectivity index (χ1) is 11.7. The van der Waals surface area contributed by atoms with Crippen LogP contribution in [0.2, 0.25) is 0 Å². The van der Waals surface area contributed by atoms with E-state index in [9.17, 15) is 4.79 Å². The lowest BCUT2D eigenvalue weighted by molar-refractivity contribution is 0.0694. The molecule has 1 amide bonds. The second-order valence-electron chi connectivity index (χ2n) is 6.47. The number of rotatable bonds is 2. The maximum absolute atomic E-state index is 13.2. The van der Waals surface area contributed by atoms with Gasteiger partial charge in [-0.25, -0.2) is 9.97 Å². The zero-order valence-electron chi connectivity index (χ0n) is 13.4. The highest BCUT2D eigenvalue weighted by Crippen LogP contribution is 2.38. The average Bonchev–Trinajstić information content (AvgIpc) is 3.37. The Balaban J connectivity index is 1.81. The normalized spacial score (nSPS) is 17.4. The molecule has 3 aromatic rings. The minimum atomic E-state index is 0.105. The number of hydrogen-bond donors (Lipinski definition) is 0. The first kappa shape index (κ1) is 13.7. The van der Waals surface area contributed by atoms with E-state index in [4.69, 9.17) is 0 Å². The van der Waals surface area contributed by atoms with E-state index in [2.05, 4.69) is 19.5 Å². The molecule has 1 aliphatic carbocycles. The summed E-state index contributed by atoms with van der Waals surface area (Å²) in [6.07, 6.45) is 5.75. The van der Waals surface area contributed by atoms with Crippen LogP contribution >= 0.6 is 0 Å². The molecule has 0 atom stereocenters. The van der Waals surface area contributed by atoms with E-state index in [1.54, 1.807) is 12.4 Å². The quantitative estimate of drug-likeness (QED) is 0.728. The largest absolute Gasteiger partial charge is 0.333 e. The van der Waals surface area contributed by atoms with E-state index in [0.717, 1.165) is 53.9 Å². The Morgan fingerprint density at radius 3 is 2.79 bits per heavy atom. The highest BCUT2D eigenvalue weighted by atomic mass is 16.2. The van der Waals surface area contributed by atoms with Crippen molar-refractivity contribution in [2.24, 2.45) is 0 Å². The van der Waals surface area contributed by atoms with Crippen molar-refractivity contribution in [3.63, 3.8) is 0 Å². The maximum Gasteiger partial charge on any atom is 0.271 e. The van der Waals surface area contributed by atoms with Gasteiger partial charge in [0.1, 0.15) is 11.5 Å². The molecule has 0 unspecified atom stereocenters. The molecule has 0 saturated heterocycles. The molecule has 0 radical (unpaired) electrons. The Labute approximate surface area is 139 Å². The summed E-state index contributed by atoms with van der Waals surface area (Å²) in [6.45, 7) is 3.45. The molecule has 5 rings (SSSR count). The lowest BCUT2D eigenvalue weighted by Gasteiger charge is -2.29. The third kappa shape index (κ3) is 1.89. The predicted molar refractivity (Wildman–Crippen MR) is 89.6 cm³/mol. The predicted octanol–water partition coefficient (Wildman–Crippen LogP) is 2.42. The summed E-state index contributed by atoms with van der Waals surface area (Å²) in [5, 5.41) is 0. The van der Waals surface area contributed by atoms with E-state index in [1.807, 2.05) is 30.0 Å². The standard InChI is InChI=1S/C18H17N5O/c1-11-19-8-6-13(21-11)15-16-14(3-2-7-20-16)23-10-9-22(12-4-5-12)18(24)17(15)23/h2-3,6-8,12H,4-5,9-10H2,1H3. The van der Waals surface area contributed by atoms with Crippen LogP contribution in [-0.2, 0) is 6.54 Å². The van der Waals surface area contributed by atoms with Gasteiger partial charge >= 0.3 is 0 Å². The lowest BCUT2D eigenvalue weighted by Crippen LogP contribution is -2.41. The van der Waals surface area contributed by atoms with Crippen LogP contribution in [0.3, 0.4) is 0 Å². The van der Waals surface area contributed by atoms with Crippen LogP contribution in [0.5, 0.6) is 0 Å². The van der Waals surface area contributed by atoms with E-state index >= 15 is 0 Å². The summed E-state index contributed by atoms with van der Waals surface area (Å²) >= 11 is 0. The number of amides is 1. The SMILES string of the molecule is Cc1nccc(-c2c3n(c4cccnc24)CCN(C2CC2)C3=O)n1. The molecule has 0 bridgehead atoms. The van der Waals surface area contributed by atoms with Crippen molar-refractivity contribution in [2.45, 2.75) is 32.4 Å². The maximum atomic E-state index is 13.2. The molecular formula is C18H17N5O. The van der Waals surface area contributed by atoms with Gasteiger partial charge < -0.3 is 9.47 Å². The fourth-order valence-corrected chi connectivity index (χ4v) is 3.65. The van der Waals surface area contributed by atoms with Crippen molar-refractivity contribution < 1.29 is 4.79 Å². The number of carbonyl (C=O) groups is 1. The first-order valence-corrected chi connectivity index (χ1v) is 8.32. The van der Waals surface area contributed by atoms with Gasteiger partial charge in [0, 0.05) is 31.5 Å². The third-order valence-corrected chi connectivity index (χ3v) is 4.87. The average molecular weight is 319 g/mol. The van der Waals surface area contributed by atoms with Crippen LogP contribution in [0.1, 0.15) is 29.2 Å². The monoisotopic (exact) mass is 319 g/mol. The van der Waals surface area contributed by atoms with E-state index in [1.165, 1.54) is 0 Å². The topological polar surface area (TPSA) is 63.9 Å². The Kier molecular flexibility index (Phi) is 2.77. The van der Waals surface area contributed by atoms with Crippen molar-refractivity contribution in [1.29, 1.82) is 0 Å². The number of aryl methyl sites for hydroxylation is 1. The highest BCUT2D eigenvalue weighted by molar-refractivity contribution is 6.09. The summed E-state index contributed by atoms with van der Waals surface area (Å²) in [7, 11) is 0. The number of hydrogen-bond acceptors (Lipinski definition) is 4. The molecule has 4 heterocycles. The molecule has 1 saturated carbocycles. The number of carbonyl (C=O) groups excluding carboxylic acids is 1. The van der Waals surface area contributed by atoms with Crippen LogP contribution in [0.25, 0.3) is 22.3 Å². The van der Waals surface area contributed by atoms with Crippen LogP contribution in [0.4, 0.5) is 0 Å². The van der Waals surface area contributed by atoms with Crippen molar-refractivity contribution in [3.05, 3.63) is 42.1 Å². The second kappa shape index (κ2) is 4.87. The zero-order chi connectivity index (χ0) is 16.3. The van der Waals surface area contributed by atoms with Crippen LogP contribution < -0.4 is 0 Å². The van der Waals surface area contributed by atoms with E-state index in [0.29, 0.717) is 11.9 Å². The summed E-state index contributed by atoms with van der Waals surface area (Å²) in [5.41, 5.74) is 4.18. The van der Waals surface area contributed by atoms with Crippen molar-refractivity contribution in [1.82, 2.24) is 24.4 Å².